The molecule has 36 heavy (non-hydrogen) atoms. The third-order valence-electron chi connectivity index (χ3n) is 5.61. The van der Waals surface area contributed by atoms with Crippen LogP contribution >= 0.6 is 23.2 Å². The molecule has 0 aliphatic rings. The molecular formula is C25H18Cl2F2N6O. The Morgan fingerprint density at radius 1 is 0.944 bits per heavy atom. The number of fused-ring (bicyclic) bond motifs is 1. The molecule has 7 nitrogen and oxygen atoms in total. The Balaban J connectivity index is 1.70. The second-order valence-corrected chi connectivity index (χ2v) is 9.12. The summed E-state index contributed by atoms with van der Waals surface area (Å²) in [5.74, 6) is -3.12. The molecule has 0 radical (unpaired) electrons. The molecule has 0 unspecified atom stereocenters. The molecule has 2 aromatic carbocycles. The Hall–Kier alpha value is -3.82. The van der Waals surface area contributed by atoms with Gasteiger partial charge in [-0.25, -0.2) is 18.9 Å². The molecule has 0 spiro atoms. The van der Waals surface area contributed by atoms with E-state index in [9.17, 15) is 13.6 Å². The molecule has 0 atom stereocenters. The number of nitrogen functional groups attached to an aromatic ring is 1. The minimum absolute atomic E-state index is 0.00114. The van der Waals surface area contributed by atoms with Gasteiger partial charge in [0.1, 0.15) is 5.69 Å². The van der Waals surface area contributed by atoms with Crippen LogP contribution in [-0.2, 0) is 12.5 Å². The van der Waals surface area contributed by atoms with Crippen LogP contribution in [0.5, 0.6) is 0 Å². The first-order valence-electron chi connectivity index (χ1n) is 10.8. The van der Waals surface area contributed by atoms with Gasteiger partial charge in [-0.2, -0.15) is 8.78 Å². The van der Waals surface area contributed by atoms with Crippen LogP contribution in [0.3, 0.4) is 0 Å². The maximum absolute atomic E-state index is 13.5. The summed E-state index contributed by atoms with van der Waals surface area (Å²) < 4.78 is 29.5. The van der Waals surface area contributed by atoms with E-state index in [4.69, 9.17) is 28.9 Å². The average molecular weight is 527 g/mol. The predicted octanol–water partition coefficient (Wildman–Crippen LogP) is 5.67. The molecule has 182 valence electrons. The van der Waals surface area contributed by atoms with Crippen molar-refractivity contribution in [1.29, 1.82) is 0 Å². The first-order chi connectivity index (χ1) is 17.1. The number of nitrogens with zero attached hydrogens (tertiary/aromatic N) is 5. The van der Waals surface area contributed by atoms with Gasteiger partial charge >= 0.3 is 5.69 Å². The summed E-state index contributed by atoms with van der Waals surface area (Å²) in [6.45, 7) is 0.771. The van der Waals surface area contributed by atoms with Crippen LogP contribution < -0.4 is 11.4 Å². The molecule has 5 aromatic rings. The summed E-state index contributed by atoms with van der Waals surface area (Å²) in [5.41, 5.74) is 8.65. The molecule has 3 aromatic heterocycles. The van der Waals surface area contributed by atoms with Crippen LogP contribution in [0.2, 0.25) is 10.0 Å². The molecule has 0 bridgehead atoms. The highest BCUT2D eigenvalue weighted by molar-refractivity contribution is 6.31. The minimum Gasteiger partial charge on any atom is -0.369 e. The normalized spacial score (nSPS) is 11.8. The SMILES string of the molecule is CC(F)(F)c1ccc(Cn2nc3c(-c4ccc(Cl)cc4)c(-c4ccc(Cl)cc4)nc(N)n3c2=O)cn1. The van der Waals surface area contributed by atoms with Gasteiger partial charge in [-0.3, -0.25) is 4.98 Å². The number of halogens is 4. The fourth-order valence-electron chi connectivity index (χ4n) is 3.86. The Morgan fingerprint density at radius 2 is 1.56 bits per heavy atom. The molecule has 0 amide bonds. The maximum Gasteiger partial charge on any atom is 0.353 e. The second kappa shape index (κ2) is 9.00. The van der Waals surface area contributed by atoms with Crippen molar-refractivity contribution in [2.45, 2.75) is 19.4 Å². The third kappa shape index (κ3) is 4.43. The summed E-state index contributed by atoms with van der Waals surface area (Å²) in [4.78, 5) is 21.6. The topological polar surface area (TPSA) is 91.1 Å². The first-order valence-corrected chi connectivity index (χ1v) is 11.5. The van der Waals surface area contributed by atoms with Crippen LogP contribution in [0.15, 0.2) is 71.7 Å². The molecule has 0 aliphatic carbocycles. The molecule has 5 rings (SSSR count). The van der Waals surface area contributed by atoms with E-state index in [1.807, 2.05) is 0 Å². The Kier molecular flexibility index (Phi) is 5.97. The van der Waals surface area contributed by atoms with E-state index in [1.54, 1.807) is 48.5 Å². The van der Waals surface area contributed by atoms with E-state index in [2.05, 4.69) is 15.1 Å². The summed E-state index contributed by atoms with van der Waals surface area (Å²) in [6.07, 6.45) is 1.30. The zero-order chi connectivity index (χ0) is 25.6. The number of rotatable bonds is 5. The van der Waals surface area contributed by atoms with E-state index in [0.717, 1.165) is 18.1 Å². The van der Waals surface area contributed by atoms with E-state index in [-0.39, 0.29) is 23.8 Å². The van der Waals surface area contributed by atoms with Crippen LogP contribution in [-0.4, -0.2) is 24.1 Å². The van der Waals surface area contributed by atoms with Crippen LogP contribution in [0.1, 0.15) is 18.2 Å². The van der Waals surface area contributed by atoms with Crippen molar-refractivity contribution >= 4 is 34.8 Å². The van der Waals surface area contributed by atoms with Crippen molar-refractivity contribution in [3.8, 4) is 22.4 Å². The fourth-order valence-corrected chi connectivity index (χ4v) is 4.11. The van der Waals surface area contributed by atoms with Gasteiger partial charge in [-0.05, 0) is 41.5 Å². The molecule has 3 heterocycles. The smallest absolute Gasteiger partial charge is 0.353 e. The first kappa shape index (κ1) is 23.9. The third-order valence-corrected chi connectivity index (χ3v) is 6.12. The predicted molar refractivity (Wildman–Crippen MR) is 135 cm³/mol. The van der Waals surface area contributed by atoms with Gasteiger partial charge < -0.3 is 5.73 Å². The monoisotopic (exact) mass is 526 g/mol. The number of aromatic nitrogens is 5. The molecule has 0 aliphatic heterocycles. The quantitative estimate of drug-likeness (QED) is 0.318. The minimum atomic E-state index is -3.07. The van der Waals surface area contributed by atoms with Gasteiger partial charge in [0.15, 0.2) is 5.65 Å². The van der Waals surface area contributed by atoms with Crippen LogP contribution in [0.25, 0.3) is 28.0 Å². The second-order valence-electron chi connectivity index (χ2n) is 8.25. The Labute approximate surface area is 213 Å². The van der Waals surface area contributed by atoms with Crippen molar-refractivity contribution < 1.29 is 8.78 Å². The molecule has 0 fully saturated rings. The van der Waals surface area contributed by atoms with Crippen molar-refractivity contribution in [1.82, 2.24) is 24.1 Å². The number of benzene rings is 2. The molecular weight excluding hydrogens is 509 g/mol. The highest BCUT2D eigenvalue weighted by atomic mass is 35.5. The molecule has 0 saturated heterocycles. The highest BCUT2D eigenvalue weighted by Crippen LogP contribution is 2.35. The van der Waals surface area contributed by atoms with E-state index < -0.39 is 11.6 Å². The van der Waals surface area contributed by atoms with Gasteiger partial charge in [0, 0.05) is 28.7 Å². The lowest BCUT2D eigenvalue weighted by Gasteiger charge is -2.12. The van der Waals surface area contributed by atoms with Gasteiger partial charge in [0.2, 0.25) is 5.95 Å². The fraction of sp³-hybridized carbons (Fsp3) is 0.120. The number of anilines is 1. The van der Waals surface area contributed by atoms with Crippen molar-refractivity contribution in [2.24, 2.45) is 0 Å². The summed E-state index contributed by atoms with van der Waals surface area (Å²) in [5, 5.41) is 5.66. The Morgan fingerprint density at radius 3 is 2.11 bits per heavy atom. The van der Waals surface area contributed by atoms with E-state index >= 15 is 0 Å². The number of hydrogen-bond acceptors (Lipinski definition) is 5. The number of pyridine rings is 1. The van der Waals surface area contributed by atoms with Crippen LogP contribution in [0.4, 0.5) is 14.7 Å². The largest absolute Gasteiger partial charge is 0.369 e. The summed E-state index contributed by atoms with van der Waals surface area (Å²) in [6, 6.07) is 16.8. The van der Waals surface area contributed by atoms with Crippen molar-refractivity contribution in [2.75, 3.05) is 5.73 Å². The zero-order valence-electron chi connectivity index (χ0n) is 18.8. The number of hydrogen-bond donors (Lipinski definition) is 1. The highest BCUT2D eigenvalue weighted by Gasteiger charge is 2.26. The lowest BCUT2D eigenvalue weighted by atomic mass is 10.00. The standard InChI is InChI=1S/C25H18Cl2F2N6O/c1-25(28,29)19-11-2-14(12-31-19)13-34-24(36)35-22(33-34)20(15-3-7-17(26)8-4-15)21(32-23(35)30)16-5-9-18(27)10-6-16/h2-12H,13H2,1H3,(H2,30,32). The lowest BCUT2D eigenvalue weighted by molar-refractivity contribution is 0.0127. The van der Waals surface area contributed by atoms with Gasteiger partial charge in [0.05, 0.1) is 17.8 Å². The lowest BCUT2D eigenvalue weighted by Crippen LogP contribution is -2.24. The van der Waals surface area contributed by atoms with Crippen molar-refractivity contribution in [3.05, 3.63) is 98.6 Å². The van der Waals surface area contributed by atoms with Crippen LogP contribution in [0, 0.1) is 0 Å². The van der Waals surface area contributed by atoms with Gasteiger partial charge in [-0.1, -0.05) is 53.5 Å². The number of alkyl halides is 2. The van der Waals surface area contributed by atoms with E-state index in [1.165, 1.54) is 27.4 Å². The number of nitrogens with two attached hydrogens (primary N) is 1. The maximum atomic E-state index is 13.5. The van der Waals surface area contributed by atoms with Gasteiger partial charge in [-0.15, -0.1) is 5.10 Å². The zero-order valence-corrected chi connectivity index (χ0v) is 20.3. The molecule has 0 saturated carbocycles. The summed E-state index contributed by atoms with van der Waals surface area (Å²) >= 11 is 12.2. The molecule has 11 heteroatoms. The summed E-state index contributed by atoms with van der Waals surface area (Å²) in [7, 11) is 0. The van der Waals surface area contributed by atoms with Gasteiger partial charge in [0.25, 0.3) is 5.92 Å². The molecule has 2 N–H and O–H groups in total. The Bertz CT molecular complexity index is 1620. The average Bonchev–Trinajstić information content (AvgIpc) is 3.16. The van der Waals surface area contributed by atoms with E-state index in [0.29, 0.717) is 26.9 Å². The van der Waals surface area contributed by atoms with Crippen molar-refractivity contribution in [3.63, 3.8) is 0 Å².